The lowest BCUT2D eigenvalue weighted by Gasteiger charge is -2.28. The summed E-state index contributed by atoms with van der Waals surface area (Å²) < 4.78 is 5.67. The topological polar surface area (TPSA) is 81.0 Å². The molecule has 1 fully saturated rings. The van der Waals surface area contributed by atoms with E-state index < -0.39 is 0 Å². The van der Waals surface area contributed by atoms with E-state index in [1.807, 2.05) is 0 Å². The van der Waals surface area contributed by atoms with Crippen LogP contribution in [0.4, 0.5) is 0 Å². The molecular formula is C11H17N3O2. The van der Waals surface area contributed by atoms with Crippen LogP contribution in [0, 0.1) is 6.92 Å². The number of aryl methyl sites for hydroxylation is 1. The number of H-pyrrole nitrogens is 1. The number of nitrogens with two attached hydrogens (primary N) is 1. The first-order chi connectivity index (χ1) is 7.65. The first-order valence-electron chi connectivity index (χ1n) is 5.65. The van der Waals surface area contributed by atoms with E-state index in [-0.39, 0.29) is 17.7 Å². The Balaban J connectivity index is 2.10. The normalized spacial score (nSPS) is 25.4. The summed E-state index contributed by atoms with van der Waals surface area (Å²) in [5.74, 6) is 0.940. The van der Waals surface area contributed by atoms with Crippen LogP contribution < -0.4 is 16.0 Å². The maximum atomic E-state index is 11.2. The van der Waals surface area contributed by atoms with Crippen molar-refractivity contribution in [2.75, 3.05) is 0 Å². The Kier molecular flexibility index (Phi) is 3.24. The molecule has 1 aromatic rings. The van der Waals surface area contributed by atoms with Gasteiger partial charge in [0.25, 0.3) is 5.56 Å². The van der Waals surface area contributed by atoms with Crippen LogP contribution in [-0.2, 0) is 0 Å². The molecule has 1 aliphatic carbocycles. The lowest BCUT2D eigenvalue weighted by Crippen LogP contribution is -2.41. The molecule has 2 rings (SSSR count). The largest absolute Gasteiger partial charge is 0.473 e. The molecule has 0 amide bonds. The van der Waals surface area contributed by atoms with Gasteiger partial charge in [-0.2, -0.15) is 0 Å². The molecular weight excluding hydrogens is 206 g/mol. The van der Waals surface area contributed by atoms with Crippen molar-refractivity contribution >= 4 is 0 Å². The maximum absolute atomic E-state index is 11.2. The molecule has 1 heterocycles. The molecule has 88 valence electrons. The number of hydrogen-bond acceptors (Lipinski definition) is 4. The number of aromatic amines is 1. The molecule has 1 saturated carbocycles. The van der Waals surface area contributed by atoms with E-state index in [1.54, 1.807) is 6.92 Å². The summed E-state index contributed by atoms with van der Waals surface area (Å²) in [7, 11) is 0. The fraction of sp³-hybridized carbons (Fsp3) is 0.636. The minimum atomic E-state index is -0.188. The van der Waals surface area contributed by atoms with Gasteiger partial charge in [0.05, 0.1) is 6.07 Å². The quantitative estimate of drug-likeness (QED) is 0.774. The monoisotopic (exact) mass is 223 g/mol. The molecule has 0 radical (unpaired) electrons. The molecule has 1 aliphatic rings. The first kappa shape index (κ1) is 11.1. The molecule has 2 unspecified atom stereocenters. The number of ether oxygens (including phenoxy) is 1. The van der Waals surface area contributed by atoms with Crippen molar-refractivity contribution in [2.45, 2.75) is 44.8 Å². The van der Waals surface area contributed by atoms with Gasteiger partial charge in [-0.1, -0.05) is 6.42 Å². The number of rotatable bonds is 2. The summed E-state index contributed by atoms with van der Waals surface area (Å²) in [5, 5.41) is 0. The molecule has 2 atom stereocenters. The minimum absolute atomic E-state index is 0.0116. The van der Waals surface area contributed by atoms with Crippen LogP contribution in [0.5, 0.6) is 5.88 Å². The summed E-state index contributed by atoms with van der Waals surface area (Å²) in [4.78, 5) is 17.9. The van der Waals surface area contributed by atoms with E-state index in [4.69, 9.17) is 10.5 Å². The summed E-state index contributed by atoms with van der Waals surface area (Å²) in [6.07, 6.45) is 4.19. The molecule has 0 aliphatic heterocycles. The smallest absolute Gasteiger partial charge is 0.254 e. The van der Waals surface area contributed by atoms with E-state index in [0.717, 1.165) is 25.7 Å². The van der Waals surface area contributed by atoms with E-state index >= 15 is 0 Å². The Hall–Kier alpha value is -1.36. The van der Waals surface area contributed by atoms with Gasteiger partial charge in [0.2, 0.25) is 5.88 Å². The summed E-state index contributed by atoms with van der Waals surface area (Å²) in [6.45, 7) is 1.73. The van der Waals surface area contributed by atoms with Gasteiger partial charge in [-0.3, -0.25) is 4.79 Å². The molecule has 5 heteroatoms. The second-order valence-corrected chi connectivity index (χ2v) is 4.27. The molecule has 16 heavy (non-hydrogen) atoms. The third-order valence-electron chi connectivity index (χ3n) is 2.86. The lowest BCUT2D eigenvalue weighted by atomic mass is 9.93. The van der Waals surface area contributed by atoms with Crippen molar-refractivity contribution in [2.24, 2.45) is 5.73 Å². The third-order valence-corrected chi connectivity index (χ3v) is 2.86. The Morgan fingerprint density at radius 3 is 2.94 bits per heavy atom. The van der Waals surface area contributed by atoms with Crippen LogP contribution in [0.1, 0.15) is 31.5 Å². The third kappa shape index (κ3) is 2.61. The molecule has 3 N–H and O–H groups in total. The summed E-state index contributed by atoms with van der Waals surface area (Å²) >= 11 is 0. The molecule has 5 nitrogen and oxygen atoms in total. The minimum Gasteiger partial charge on any atom is -0.473 e. The van der Waals surface area contributed by atoms with Gasteiger partial charge in [-0.25, -0.2) is 4.98 Å². The van der Waals surface area contributed by atoms with Crippen molar-refractivity contribution in [3.63, 3.8) is 0 Å². The van der Waals surface area contributed by atoms with Crippen LogP contribution in [0.25, 0.3) is 0 Å². The van der Waals surface area contributed by atoms with Crippen molar-refractivity contribution in [3.05, 3.63) is 22.2 Å². The van der Waals surface area contributed by atoms with Crippen molar-refractivity contribution in [1.82, 2.24) is 9.97 Å². The number of hydrogen-bond donors (Lipinski definition) is 2. The van der Waals surface area contributed by atoms with E-state index in [0.29, 0.717) is 11.7 Å². The predicted octanol–water partition coefficient (Wildman–Crippen LogP) is 0.727. The van der Waals surface area contributed by atoms with Crippen molar-refractivity contribution in [3.8, 4) is 5.88 Å². The second-order valence-electron chi connectivity index (χ2n) is 4.27. The zero-order chi connectivity index (χ0) is 11.5. The van der Waals surface area contributed by atoms with Crippen molar-refractivity contribution < 1.29 is 4.74 Å². The van der Waals surface area contributed by atoms with Gasteiger partial charge in [0.15, 0.2) is 0 Å². The van der Waals surface area contributed by atoms with Crippen LogP contribution in [-0.4, -0.2) is 22.1 Å². The predicted molar refractivity (Wildman–Crippen MR) is 60.5 cm³/mol. The number of nitrogens with one attached hydrogen (secondary N) is 1. The molecule has 0 saturated heterocycles. The zero-order valence-corrected chi connectivity index (χ0v) is 9.40. The van der Waals surface area contributed by atoms with Gasteiger partial charge >= 0.3 is 0 Å². The lowest BCUT2D eigenvalue weighted by molar-refractivity contribution is 0.126. The van der Waals surface area contributed by atoms with E-state index in [1.165, 1.54) is 6.07 Å². The zero-order valence-electron chi connectivity index (χ0n) is 9.40. The fourth-order valence-electron chi connectivity index (χ4n) is 2.04. The second kappa shape index (κ2) is 4.65. The highest BCUT2D eigenvalue weighted by Gasteiger charge is 2.23. The maximum Gasteiger partial charge on any atom is 0.254 e. The Morgan fingerprint density at radius 1 is 1.50 bits per heavy atom. The highest BCUT2D eigenvalue weighted by Crippen LogP contribution is 2.20. The van der Waals surface area contributed by atoms with Crippen LogP contribution >= 0.6 is 0 Å². The van der Waals surface area contributed by atoms with Crippen molar-refractivity contribution in [1.29, 1.82) is 0 Å². The molecule has 0 spiro atoms. The highest BCUT2D eigenvalue weighted by molar-refractivity contribution is 5.09. The standard InChI is InChI=1S/C11H17N3O2/c1-7-13-10(15)6-11(14-7)16-9-5-3-2-4-8(9)12/h6,8-9H,2-5,12H2,1H3,(H,13,14,15). The van der Waals surface area contributed by atoms with E-state index in [2.05, 4.69) is 9.97 Å². The van der Waals surface area contributed by atoms with Gasteiger partial charge in [-0.05, 0) is 26.2 Å². The van der Waals surface area contributed by atoms with Gasteiger partial charge in [-0.15, -0.1) is 0 Å². The molecule has 0 bridgehead atoms. The number of nitrogens with zero attached hydrogens (tertiary/aromatic N) is 1. The average Bonchev–Trinajstić information content (AvgIpc) is 2.20. The van der Waals surface area contributed by atoms with Crippen LogP contribution in [0.2, 0.25) is 0 Å². The van der Waals surface area contributed by atoms with Gasteiger partial charge in [0, 0.05) is 6.04 Å². The van der Waals surface area contributed by atoms with E-state index in [9.17, 15) is 4.79 Å². The summed E-state index contributed by atoms with van der Waals surface area (Å²) in [5.41, 5.74) is 5.78. The first-order valence-corrected chi connectivity index (χ1v) is 5.65. The molecule has 0 aromatic carbocycles. The fourth-order valence-corrected chi connectivity index (χ4v) is 2.04. The number of aromatic nitrogens is 2. The highest BCUT2D eigenvalue weighted by atomic mass is 16.5. The molecule has 1 aromatic heterocycles. The Labute approximate surface area is 94.0 Å². The van der Waals surface area contributed by atoms with Gasteiger partial charge in [0.1, 0.15) is 11.9 Å². The Bertz CT molecular complexity index is 416. The van der Waals surface area contributed by atoms with Crippen LogP contribution in [0.15, 0.2) is 10.9 Å². The van der Waals surface area contributed by atoms with Gasteiger partial charge < -0.3 is 15.5 Å². The van der Waals surface area contributed by atoms with Crippen LogP contribution in [0.3, 0.4) is 0 Å². The SMILES string of the molecule is Cc1nc(OC2CCCCC2N)cc(=O)[nH]1. The Morgan fingerprint density at radius 2 is 2.25 bits per heavy atom. The average molecular weight is 223 g/mol. The summed E-state index contributed by atoms with van der Waals surface area (Å²) in [6, 6.07) is 1.42.